The standard InChI is InChI=1S/C18H25N3OS.HI/c1-15(23-2)13-20-18(19-11-10-17-9-6-12-22-17)21-14-16-7-4-3-5-8-16;/h3-9,12,15H,10-11,13-14H2,1-2H3,(H2,19,20,21);1H. The minimum atomic E-state index is 0. The van der Waals surface area contributed by atoms with Gasteiger partial charge in [0.2, 0.25) is 0 Å². The highest BCUT2D eigenvalue weighted by Gasteiger charge is 2.03. The van der Waals surface area contributed by atoms with E-state index in [2.05, 4.69) is 40.9 Å². The summed E-state index contributed by atoms with van der Waals surface area (Å²) in [5.74, 6) is 1.83. The molecule has 0 spiro atoms. The maximum absolute atomic E-state index is 5.36. The quantitative estimate of drug-likeness (QED) is 0.357. The number of guanidine groups is 1. The van der Waals surface area contributed by atoms with Gasteiger partial charge in [-0.25, -0.2) is 4.99 Å². The monoisotopic (exact) mass is 459 g/mol. The molecule has 24 heavy (non-hydrogen) atoms. The van der Waals surface area contributed by atoms with Crippen LogP contribution < -0.4 is 10.6 Å². The second-order valence-electron chi connectivity index (χ2n) is 5.33. The summed E-state index contributed by atoms with van der Waals surface area (Å²) in [6, 6.07) is 14.2. The topological polar surface area (TPSA) is 49.6 Å². The van der Waals surface area contributed by atoms with Crippen molar-refractivity contribution in [3.63, 3.8) is 0 Å². The summed E-state index contributed by atoms with van der Waals surface area (Å²) < 4.78 is 5.36. The summed E-state index contributed by atoms with van der Waals surface area (Å²) in [4.78, 5) is 4.67. The highest BCUT2D eigenvalue weighted by Crippen LogP contribution is 2.03. The number of halogens is 1. The normalized spacial score (nSPS) is 12.3. The van der Waals surface area contributed by atoms with Crippen LogP contribution in [0.15, 0.2) is 58.1 Å². The van der Waals surface area contributed by atoms with Crippen LogP contribution in [0.25, 0.3) is 0 Å². The van der Waals surface area contributed by atoms with Crippen LogP contribution in [0.1, 0.15) is 18.2 Å². The molecule has 2 N–H and O–H groups in total. The molecule has 0 saturated heterocycles. The zero-order chi connectivity index (χ0) is 16.3. The number of aliphatic imine (C=N–C) groups is 1. The molecule has 1 unspecified atom stereocenters. The smallest absolute Gasteiger partial charge is 0.191 e. The van der Waals surface area contributed by atoms with Crippen molar-refractivity contribution >= 4 is 41.7 Å². The number of nitrogens with zero attached hydrogens (tertiary/aromatic N) is 1. The second-order valence-corrected chi connectivity index (χ2v) is 6.61. The van der Waals surface area contributed by atoms with Gasteiger partial charge in [0.15, 0.2) is 5.96 Å². The Hall–Kier alpha value is -1.15. The molecule has 0 aliphatic carbocycles. The van der Waals surface area contributed by atoms with Gasteiger partial charge in [-0.1, -0.05) is 37.3 Å². The van der Waals surface area contributed by atoms with Crippen molar-refractivity contribution in [2.24, 2.45) is 4.99 Å². The van der Waals surface area contributed by atoms with Gasteiger partial charge in [0.05, 0.1) is 12.8 Å². The maximum atomic E-state index is 5.36. The predicted molar refractivity (Wildman–Crippen MR) is 114 cm³/mol. The third-order valence-electron chi connectivity index (χ3n) is 3.47. The number of benzene rings is 1. The fourth-order valence-corrected chi connectivity index (χ4v) is 2.26. The Labute approximate surface area is 165 Å². The zero-order valence-corrected chi connectivity index (χ0v) is 17.3. The summed E-state index contributed by atoms with van der Waals surface area (Å²) in [7, 11) is 0. The molecule has 0 aliphatic rings. The lowest BCUT2D eigenvalue weighted by Gasteiger charge is -2.15. The fraction of sp³-hybridized carbons (Fsp3) is 0.389. The number of hydrogen-bond acceptors (Lipinski definition) is 3. The van der Waals surface area contributed by atoms with Crippen molar-refractivity contribution in [2.75, 3.05) is 19.3 Å². The third kappa shape index (κ3) is 8.10. The zero-order valence-electron chi connectivity index (χ0n) is 14.2. The first-order valence-electron chi connectivity index (χ1n) is 7.89. The van der Waals surface area contributed by atoms with Gasteiger partial charge in [-0.05, 0) is 24.0 Å². The van der Waals surface area contributed by atoms with E-state index in [1.165, 1.54) is 5.56 Å². The van der Waals surface area contributed by atoms with E-state index in [-0.39, 0.29) is 24.0 Å². The van der Waals surface area contributed by atoms with Gasteiger partial charge >= 0.3 is 0 Å². The van der Waals surface area contributed by atoms with E-state index in [1.54, 1.807) is 6.26 Å². The summed E-state index contributed by atoms with van der Waals surface area (Å²) in [5, 5.41) is 7.33. The molecule has 2 aromatic rings. The van der Waals surface area contributed by atoms with Gasteiger partial charge < -0.3 is 15.1 Å². The Balaban J connectivity index is 0.00000288. The van der Waals surface area contributed by atoms with Gasteiger partial charge in [0.1, 0.15) is 5.76 Å². The first-order valence-corrected chi connectivity index (χ1v) is 9.18. The fourth-order valence-electron chi connectivity index (χ4n) is 2.01. The van der Waals surface area contributed by atoms with E-state index >= 15 is 0 Å². The third-order valence-corrected chi connectivity index (χ3v) is 4.44. The van der Waals surface area contributed by atoms with E-state index in [0.717, 1.165) is 31.2 Å². The van der Waals surface area contributed by atoms with Gasteiger partial charge in [0, 0.05) is 24.8 Å². The van der Waals surface area contributed by atoms with E-state index < -0.39 is 0 Å². The molecule has 1 aromatic heterocycles. The van der Waals surface area contributed by atoms with Crippen molar-refractivity contribution in [2.45, 2.75) is 25.1 Å². The Morgan fingerprint density at radius 1 is 1.17 bits per heavy atom. The molecule has 0 aliphatic heterocycles. The Morgan fingerprint density at radius 2 is 1.96 bits per heavy atom. The first-order chi connectivity index (χ1) is 11.3. The largest absolute Gasteiger partial charge is 0.469 e. The minimum Gasteiger partial charge on any atom is -0.469 e. The second kappa shape index (κ2) is 12.2. The molecule has 2 rings (SSSR count). The molecule has 1 heterocycles. The molecular formula is C18H26IN3OS. The first kappa shape index (κ1) is 20.9. The van der Waals surface area contributed by atoms with E-state index in [4.69, 9.17) is 4.42 Å². The van der Waals surface area contributed by atoms with Crippen LogP contribution in [0.3, 0.4) is 0 Å². The van der Waals surface area contributed by atoms with Crippen LogP contribution in [0.4, 0.5) is 0 Å². The van der Waals surface area contributed by atoms with Crippen molar-refractivity contribution in [3.05, 3.63) is 60.1 Å². The van der Waals surface area contributed by atoms with E-state index in [9.17, 15) is 0 Å². The molecule has 0 amide bonds. The molecule has 0 radical (unpaired) electrons. The highest BCUT2D eigenvalue weighted by atomic mass is 127. The number of nitrogens with one attached hydrogen (secondary N) is 2. The average molecular weight is 459 g/mol. The molecule has 132 valence electrons. The molecular weight excluding hydrogens is 433 g/mol. The van der Waals surface area contributed by atoms with Gasteiger partial charge in [-0.15, -0.1) is 24.0 Å². The van der Waals surface area contributed by atoms with Gasteiger partial charge in [-0.2, -0.15) is 11.8 Å². The summed E-state index contributed by atoms with van der Waals surface area (Å²) >= 11 is 1.84. The lowest BCUT2D eigenvalue weighted by atomic mass is 10.2. The lowest BCUT2D eigenvalue weighted by Crippen LogP contribution is -2.41. The van der Waals surface area contributed by atoms with Crippen molar-refractivity contribution in [1.29, 1.82) is 0 Å². The van der Waals surface area contributed by atoms with E-state index in [0.29, 0.717) is 11.8 Å². The molecule has 1 aromatic carbocycles. The van der Waals surface area contributed by atoms with Crippen LogP contribution in [0.2, 0.25) is 0 Å². The Morgan fingerprint density at radius 3 is 2.62 bits per heavy atom. The maximum Gasteiger partial charge on any atom is 0.191 e. The number of hydrogen-bond donors (Lipinski definition) is 2. The number of rotatable bonds is 8. The summed E-state index contributed by atoms with van der Waals surface area (Å²) in [6.45, 7) is 4.56. The highest BCUT2D eigenvalue weighted by molar-refractivity contribution is 14.0. The summed E-state index contributed by atoms with van der Waals surface area (Å²) in [5.41, 5.74) is 1.21. The molecule has 0 bridgehead atoms. The van der Waals surface area contributed by atoms with Crippen LogP contribution in [-0.2, 0) is 13.0 Å². The number of furan rings is 1. The molecule has 4 nitrogen and oxygen atoms in total. The molecule has 0 saturated carbocycles. The SMILES string of the molecule is CSC(C)CNC(=NCc1ccccc1)NCCc1ccco1.I. The van der Waals surface area contributed by atoms with Crippen LogP contribution in [0, 0.1) is 0 Å². The van der Waals surface area contributed by atoms with Crippen LogP contribution in [0.5, 0.6) is 0 Å². The molecule has 6 heteroatoms. The molecule has 1 atom stereocenters. The van der Waals surface area contributed by atoms with Gasteiger partial charge in [0.25, 0.3) is 0 Å². The predicted octanol–water partition coefficient (Wildman–Crippen LogP) is 3.93. The Kier molecular flexibility index (Phi) is 10.7. The Bertz CT molecular complexity index is 575. The lowest BCUT2D eigenvalue weighted by molar-refractivity contribution is 0.506. The van der Waals surface area contributed by atoms with Gasteiger partial charge in [-0.3, -0.25) is 0 Å². The van der Waals surface area contributed by atoms with Crippen molar-refractivity contribution < 1.29 is 4.42 Å². The number of thioether (sulfide) groups is 1. The summed E-state index contributed by atoms with van der Waals surface area (Å²) in [6.07, 6.45) is 4.67. The average Bonchev–Trinajstić information content (AvgIpc) is 3.10. The van der Waals surface area contributed by atoms with Crippen molar-refractivity contribution in [3.8, 4) is 0 Å². The van der Waals surface area contributed by atoms with Crippen LogP contribution >= 0.6 is 35.7 Å². The van der Waals surface area contributed by atoms with E-state index in [1.807, 2.05) is 42.1 Å². The van der Waals surface area contributed by atoms with Crippen molar-refractivity contribution in [1.82, 2.24) is 10.6 Å². The van der Waals surface area contributed by atoms with Crippen LogP contribution in [-0.4, -0.2) is 30.6 Å². The minimum absolute atomic E-state index is 0. The molecule has 0 fully saturated rings.